The van der Waals surface area contributed by atoms with Crippen molar-refractivity contribution in [2.45, 2.75) is 13.1 Å². The zero-order valence-corrected chi connectivity index (χ0v) is 14.6. The molecule has 2 aromatic rings. The Labute approximate surface area is 152 Å². The number of para-hydroxylation sites is 1. The van der Waals surface area contributed by atoms with Crippen LogP contribution >= 0.6 is 24.0 Å². The van der Waals surface area contributed by atoms with Crippen LogP contribution in [0.1, 0.15) is 16.7 Å². The van der Waals surface area contributed by atoms with Crippen molar-refractivity contribution in [1.82, 2.24) is 0 Å². The Morgan fingerprint density at radius 3 is 2.52 bits per heavy atom. The van der Waals surface area contributed by atoms with Crippen LogP contribution in [0.5, 0.6) is 0 Å². The Bertz CT molecular complexity index is 890. The lowest BCUT2D eigenvalue weighted by atomic mass is 10.1. The molecule has 0 radical (unpaired) electrons. The van der Waals surface area contributed by atoms with E-state index in [0.717, 1.165) is 29.5 Å². The summed E-state index contributed by atoms with van der Waals surface area (Å²) in [6.07, 6.45) is -2.99. The van der Waals surface area contributed by atoms with Crippen LogP contribution in [0, 0.1) is 6.92 Å². The van der Waals surface area contributed by atoms with Crippen molar-refractivity contribution in [2.75, 3.05) is 4.90 Å². The molecule has 0 N–H and O–H groups in total. The summed E-state index contributed by atoms with van der Waals surface area (Å²) < 4.78 is 38.8. The molecular formula is C18H12F3NOS2. The van der Waals surface area contributed by atoms with E-state index in [-0.39, 0.29) is 5.91 Å². The summed E-state index contributed by atoms with van der Waals surface area (Å²) in [7, 11) is 0. The predicted octanol–water partition coefficient (Wildman–Crippen LogP) is 5.42. The van der Waals surface area contributed by atoms with Crippen LogP contribution in [0.2, 0.25) is 0 Å². The van der Waals surface area contributed by atoms with Gasteiger partial charge in [-0.1, -0.05) is 54.3 Å². The van der Waals surface area contributed by atoms with Gasteiger partial charge in [0.2, 0.25) is 0 Å². The number of alkyl halides is 3. The fourth-order valence-corrected chi connectivity index (χ4v) is 3.73. The van der Waals surface area contributed by atoms with E-state index >= 15 is 0 Å². The van der Waals surface area contributed by atoms with Crippen molar-refractivity contribution >= 4 is 46.0 Å². The van der Waals surface area contributed by atoms with Gasteiger partial charge < -0.3 is 0 Å². The first-order valence-corrected chi connectivity index (χ1v) is 8.51. The molecule has 25 heavy (non-hydrogen) atoms. The smallest absolute Gasteiger partial charge is 0.268 e. The minimum atomic E-state index is -4.43. The SMILES string of the molecule is Cc1ccccc1N1C(=O)/C(=C\c2cccc(C(F)(F)F)c2)SC1=S. The zero-order valence-electron chi connectivity index (χ0n) is 13.0. The van der Waals surface area contributed by atoms with E-state index in [1.165, 1.54) is 23.1 Å². The third kappa shape index (κ3) is 3.62. The van der Waals surface area contributed by atoms with Crippen molar-refractivity contribution in [3.05, 3.63) is 70.1 Å². The van der Waals surface area contributed by atoms with E-state index in [2.05, 4.69) is 0 Å². The highest BCUT2D eigenvalue weighted by molar-refractivity contribution is 8.27. The fourth-order valence-electron chi connectivity index (χ4n) is 2.45. The van der Waals surface area contributed by atoms with Gasteiger partial charge in [0.1, 0.15) is 0 Å². The van der Waals surface area contributed by atoms with Gasteiger partial charge >= 0.3 is 6.18 Å². The number of hydrogen-bond donors (Lipinski definition) is 0. The van der Waals surface area contributed by atoms with Gasteiger partial charge in [0.05, 0.1) is 16.2 Å². The summed E-state index contributed by atoms with van der Waals surface area (Å²) in [5.41, 5.74) is 1.12. The van der Waals surface area contributed by atoms with E-state index < -0.39 is 11.7 Å². The highest BCUT2D eigenvalue weighted by Gasteiger charge is 2.34. The molecule has 1 saturated heterocycles. The van der Waals surface area contributed by atoms with Gasteiger partial charge in [0, 0.05) is 0 Å². The second-order valence-corrected chi connectivity index (χ2v) is 7.10. The van der Waals surface area contributed by atoms with Crippen LogP contribution in [0.4, 0.5) is 18.9 Å². The number of carbonyl (C=O) groups excluding carboxylic acids is 1. The Morgan fingerprint density at radius 2 is 1.84 bits per heavy atom. The van der Waals surface area contributed by atoms with Crippen molar-refractivity contribution in [2.24, 2.45) is 0 Å². The molecule has 128 valence electrons. The van der Waals surface area contributed by atoms with E-state index in [1.807, 2.05) is 19.1 Å². The van der Waals surface area contributed by atoms with Crippen molar-refractivity contribution in [3.8, 4) is 0 Å². The number of benzene rings is 2. The molecule has 0 atom stereocenters. The van der Waals surface area contributed by atoms with E-state index in [1.54, 1.807) is 12.1 Å². The van der Waals surface area contributed by atoms with Gasteiger partial charge in [-0.25, -0.2) is 0 Å². The van der Waals surface area contributed by atoms with Crippen LogP contribution in [0.15, 0.2) is 53.4 Å². The van der Waals surface area contributed by atoms with Crippen LogP contribution in [-0.2, 0) is 11.0 Å². The first-order valence-electron chi connectivity index (χ1n) is 7.28. The van der Waals surface area contributed by atoms with Crippen LogP contribution < -0.4 is 4.90 Å². The summed E-state index contributed by atoms with van der Waals surface area (Å²) in [6.45, 7) is 1.87. The molecule has 7 heteroatoms. The fraction of sp³-hybridized carbons (Fsp3) is 0.111. The molecule has 0 unspecified atom stereocenters. The predicted molar refractivity (Wildman–Crippen MR) is 98.3 cm³/mol. The van der Waals surface area contributed by atoms with Crippen LogP contribution in [-0.4, -0.2) is 10.2 Å². The number of hydrogen-bond acceptors (Lipinski definition) is 3. The number of thioether (sulfide) groups is 1. The summed E-state index contributed by atoms with van der Waals surface area (Å²) >= 11 is 6.37. The van der Waals surface area contributed by atoms with Gasteiger partial charge in [0.15, 0.2) is 4.32 Å². The third-order valence-electron chi connectivity index (χ3n) is 3.66. The summed E-state index contributed by atoms with van der Waals surface area (Å²) in [5.74, 6) is -0.332. The Morgan fingerprint density at radius 1 is 1.12 bits per heavy atom. The molecular weight excluding hydrogens is 367 g/mol. The molecule has 0 spiro atoms. The lowest BCUT2D eigenvalue weighted by molar-refractivity contribution is -0.137. The second-order valence-electron chi connectivity index (χ2n) is 5.43. The molecule has 0 bridgehead atoms. The van der Waals surface area contributed by atoms with Gasteiger partial charge in [-0.2, -0.15) is 13.2 Å². The standard InChI is InChI=1S/C18H12F3NOS2/c1-11-5-2-3-8-14(11)22-16(23)15(25-17(22)24)10-12-6-4-7-13(9-12)18(19,20)21/h2-10H,1H3/b15-10+. The van der Waals surface area contributed by atoms with Crippen molar-refractivity contribution < 1.29 is 18.0 Å². The summed E-state index contributed by atoms with van der Waals surface area (Å²) in [6, 6.07) is 12.2. The number of anilines is 1. The minimum absolute atomic E-state index is 0.299. The molecule has 0 saturated carbocycles. The van der Waals surface area contributed by atoms with E-state index in [0.29, 0.717) is 20.5 Å². The number of rotatable bonds is 2. The molecule has 2 aromatic carbocycles. The molecule has 0 aromatic heterocycles. The largest absolute Gasteiger partial charge is 0.416 e. The maximum absolute atomic E-state index is 12.8. The molecule has 1 fully saturated rings. The number of aryl methyl sites for hydroxylation is 1. The van der Waals surface area contributed by atoms with Crippen molar-refractivity contribution in [3.63, 3.8) is 0 Å². The lowest BCUT2D eigenvalue weighted by Gasteiger charge is -2.16. The quantitative estimate of drug-likeness (QED) is 0.513. The number of amides is 1. The van der Waals surface area contributed by atoms with Crippen LogP contribution in [0.3, 0.4) is 0 Å². The van der Waals surface area contributed by atoms with Crippen LogP contribution in [0.25, 0.3) is 6.08 Å². The maximum Gasteiger partial charge on any atom is 0.416 e. The maximum atomic E-state index is 12.8. The van der Waals surface area contributed by atoms with E-state index in [9.17, 15) is 18.0 Å². The number of halogens is 3. The topological polar surface area (TPSA) is 20.3 Å². The first kappa shape index (κ1) is 17.7. The average molecular weight is 379 g/mol. The van der Waals surface area contributed by atoms with Gasteiger partial charge in [-0.3, -0.25) is 9.69 Å². The molecule has 1 aliphatic rings. The highest BCUT2D eigenvalue weighted by atomic mass is 32.2. The summed E-state index contributed by atoms with van der Waals surface area (Å²) in [5, 5.41) is 0. The number of nitrogens with zero attached hydrogens (tertiary/aromatic N) is 1. The summed E-state index contributed by atoms with van der Waals surface area (Å²) in [4.78, 5) is 14.4. The Kier molecular flexibility index (Phi) is 4.71. The molecule has 1 amide bonds. The molecule has 2 nitrogen and oxygen atoms in total. The second kappa shape index (κ2) is 6.65. The van der Waals surface area contributed by atoms with E-state index in [4.69, 9.17) is 12.2 Å². The Hall–Kier alpha value is -2.12. The average Bonchev–Trinajstić information content (AvgIpc) is 2.82. The molecule has 1 aliphatic heterocycles. The zero-order chi connectivity index (χ0) is 18.2. The first-order chi connectivity index (χ1) is 11.8. The molecule has 3 rings (SSSR count). The lowest BCUT2D eigenvalue weighted by Crippen LogP contribution is -2.28. The minimum Gasteiger partial charge on any atom is -0.268 e. The number of carbonyl (C=O) groups is 1. The normalized spacial score (nSPS) is 16.8. The van der Waals surface area contributed by atoms with Gasteiger partial charge in [-0.05, 0) is 42.3 Å². The molecule has 0 aliphatic carbocycles. The van der Waals surface area contributed by atoms with Crippen molar-refractivity contribution in [1.29, 1.82) is 0 Å². The highest BCUT2D eigenvalue weighted by Crippen LogP contribution is 2.37. The Balaban J connectivity index is 1.95. The number of thiocarbonyl (C=S) groups is 1. The molecule has 1 heterocycles. The monoisotopic (exact) mass is 379 g/mol. The third-order valence-corrected chi connectivity index (χ3v) is 4.96. The van der Waals surface area contributed by atoms with Gasteiger partial charge in [-0.15, -0.1) is 0 Å². The van der Waals surface area contributed by atoms with Gasteiger partial charge in [0.25, 0.3) is 5.91 Å².